The molecule has 0 radical (unpaired) electrons. The molecule has 0 atom stereocenters. The van der Waals surface area contributed by atoms with Crippen molar-refractivity contribution < 1.29 is 14.3 Å². The molecule has 3 nitrogen and oxygen atoms in total. The smallest absolute Gasteiger partial charge is 0.309 e. The van der Waals surface area contributed by atoms with Crippen LogP contribution in [-0.2, 0) is 22.6 Å². The van der Waals surface area contributed by atoms with E-state index < -0.39 is 0 Å². The van der Waals surface area contributed by atoms with Crippen LogP contribution in [0.15, 0.2) is 45.3 Å². The van der Waals surface area contributed by atoms with E-state index in [1.807, 2.05) is 43.3 Å². The number of benzene rings is 2. The number of carbonyl (C=O) groups is 1. The summed E-state index contributed by atoms with van der Waals surface area (Å²) in [6.45, 7) is 2.40. The summed E-state index contributed by atoms with van der Waals surface area (Å²) in [5.74, 6) is 0.501. The largest absolute Gasteiger partial charge is 0.488 e. The number of esters is 1. The molecule has 116 valence electrons. The molecular formula is C17H16Br2O3. The van der Waals surface area contributed by atoms with Gasteiger partial charge in [-0.2, -0.15) is 0 Å². The van der Waals surface area contributed by atoms with Gasteiger partial charge >= 0.3 is 5.97 Å². The first-order valence-corrected chi connectivity index (χ1v) is 8.32. The highest BCUT2D eigenvalue weighted by atomic mass is 79.9. The minimum Gasteiger partial charge on any atom is -0.488 e. The zero-order valence-electron chi connectivity index (χ0n) is 12.4. The number of aryl methyl sites for hydroxylation is 1. The highest BCUT2D eigenvalue weighted by Crippen LogP contribution is 2.28. The molecule has 0 aliphatic rings. The van der Waals surface area contributed by atoms with Crippen LogP contribution in [-0.4, -0.2) is 13.1 Å². The molecule has 5 heteroatoms. The van der Waals surface area contributed by atoms with Crippen LogP contribution in [0.1, 0.15) is 16.7 Å². The van der Waals surface area contributed by atoms with Crippen LogP contribution in [0.5, 0.6) is 5.75 Å². The second-order valence-corrected chi connectivity index (χ2v) is 6.56. The van der Waals surface area contributed by atoms with Crippen LogP contribution in [0.25, 0.3) is 0 Å². The third-order valence-corrected chi connectivity index (χ3v) is 4.60. The first kappa shape index (κ1) is 17.0. The summed E-state index contributed by atoms with van der Waals surface area (Å²) in [6, 6.07) is 11.7. The van der Waals surface area contributed by atoms with E-state index in [0.717, 1.165) is 31.4 Å². The average Bonchev–Trinajstić information content (AvgIpc) is 2.48. The van der Waals surface area contributed by atoms with Crippen molar-refractivity contribution in [3.05, 3.63) is 62.0 Å². The first-order valence-electron chi connectivity index (χ1n) is 6.73. The lowest BCUT2D eigenvalue weighted by atomic mass is 10.1. The SMILES string of the molecule is COC(=O)Cc1cccc(Br)c1COc1ccc(C)cc1Br. The monoisotopic (exact) mass is 426 g/mol. The summed E-state index contributed by atoms with van der Waals surface area (Å²) in [7, 11) is 1.39. The Morgan fingerprint density at radius 1 is 1.14 bits per heavy atom. The summed E-state index contributed by atoms with van der Waals surface area (Å²) in [5, 5.41) is 0. The molecule has 22 heavy (non-hydrogen) atoms. The Balaban J connectivity index is 2.19. The number of hydrogen-bond donors (Lipinski definition) is 0. The highest BCUT2D eigenvalue weighted by Gasteiger charge is 2.12. The lowest BCUT2D eigenvalue weighted by Crippen LogP contribution is -2.09. The Kier molecular flexibility index (Phi) is 6.03. The third-order valence-electron chi connectivity index (χ3n) is 3.24. The fourth-order valence-corrected chi connectivity index (χ4v) is 3.16. The van der Waals surface area contributed by atoms with Crippen LogP contribution in [0, 0.1) is 6.92 Å². The molecule has 0 heterocycles. The summed E-state index contributed by atoms with van der Waals surface area (Å²) < 4.78 is 12.5. The van der Waals surface area contributed by atoms with E-state index in [-0.39, 0.29) is 12.4 Å². The van der Waals surface area contributed by atoms with E-state index in [1.54, 1.807) is 0 Å². The van der Waals surface area contributed by atoms with Gasteiger partial charge in [-0.05, 0) is 52.2 Å². The average molecular weight is 428 g/mol. The van der Waals surface area contributed by atoms with E-state index >= 15 is 0 Å². The molecule has 0 aliphatic carbocycles. The molecule has 0 N–H and O–H groups in total. The summed E-state index contributed by atoms with van der Waals surface area (Å²) in [4.78, 5) is 11.5. The molecular weight excluding hydrogens is 412 g/mol. The molecule has 0 bridgehead atoms. The van der Waals surface area contributed by atoms with E-state index in [1.165, 1.54) is 7.11 Å². The summed E-state index contributed by atoms with van der Waals surface area (Å²) >= 11 is 7.02. The number of rotatable bonds is 5. The van der Waals surface area contributed by atoms with Crippen LogP contribution in [0.4, 0.5) is 0 Å². The van der Waals surface area contributed by atoms with Gasteiger partial charge in [-0.25, -0.2) is 0 Å². The van der Waals surface area contributed by atoms with Gasteiger partial charge in [0.05, 0.1) is 18.0 Å². The number of ether oxygens (including phenoxy) is 2. The fourth-order valence-electron chi connectivity index (χ4n) is 2.03. The first-order chi connectivity index (χ1) is 10.5. The Labute approximate surface area is 146 Å². The molecule has 0 aliphatic heterocycles. The maximum absolute atomic E-state index is 11.5. The van der Waals surface area contributed by atoms with Crippen LogP contribution < -0.4 is 4.74 Å². The van der Waals surface area contributed by atoms with Crippen molar-refractivity contribution in [3.8, 4) is 5.75 Å². The lowest BCUT2D eigenvalue weighted by Gasteiger charge is -2.13. The van der Waals surface area contributed by atoms with E-state index in [2.05, 4.69) is 31.9 Å². The van der Waals surface area contributed by atoms with Crippen molar-refractivity contribution in [1.82, 2.24) is 0 Å². The number of hydrogen-bond acceptors (Lipinski definition) is 3. The van der Waals surface area contributed by atoms with Crippen LogP contribution in [0.3, 0.4) is 0 Å². The van der Waals surface area contributed by atoms with E-state index in [9.17, 15) is 4.79 Å². The van der Waals surface area contributed by atoms with E-state index in [4.69, 9.17) is 9.47 Å². The van der Waals surface area contributed by atoms with Crippen LogP contribution in [0.2, 0.25) is 0 Å². The maximum Gasteiger partial charge on any atom is 0.309 e. The standard InChI is InChI=1S/C17H16Br2O3/c1-11-6-7-16(15(19)8-11)22-10-13-12(9-17(20)21-2)4-3-5-14(13)18/h3-8H,9-10H2,1-2H3. The van der Waals surface area contributed by atoms with Crippen molar-refractivity contribution in [2.45, 2.75) is 20.0 Å². The third kappa shape index (κ3) is 4.34. The highest BCUT2D eigenvalue weighted by molar-refractivity contribution is 9.10. The van der Waals surface area contributed by atoms with Gasteiger partial charge in [0.2, 0.25) is 0 Å². The number of methoxy groups -OCH3 is 1. The maximum atomic E-state index is 11.5. The molecule has 2 rings (SSSR count). The van der Waals surface area contributed by atoms with Gasteiger partial charge in [-0.1, -0.05) is 34.1 Å². The van der Waals surface area contributed by atoms with Gasteiger partial charge in [0, 0.05) is 10.0 Å². The minimum atomic E-state index is -0.268. The zero-order chi connectivity index (χ0) is 16.1. The van der Waals surface area contributed by atoms with Gasteiger partial charge in [-0.15, -0.1) is 0 Å². The van der Waals surface area contributed by atoms with Gasteiger partial charge in [0.25, 0.3) is 0 Å². The predicted octanol–water partition coefficient (Wildman–Crippen LogP) is 4.81. The molecule has 0 saturated heterocycles. The number of carbonyl (C=O) groups excluding carboxylic acids is 1. The van der Waals surface area contributed by atoms with Crippen molar-refractivity contribution in [3.63, 3.8) is 0 Å². The normalized spacial score (nSPS) is 10.4. The van der Waals surface area contributed by atoms with Crippen LogP contribution >= 0.6 is 31.9 Å². The number of halogens is 2. The summed E-state index contributed by atoms with van der Waals surface area (Å²) in [6.07, 6.45) is 0.226. The minimum absolute atomic E-state index is 0.226. The molecule has 0 amide bonds. The quantitative estimate of drug-likeness (QED) is 0.642. The molecule has 0 fully saturated rings. The second kappa shape index (κ2) is 7.79. The fraction of sp³-hybridized carbons (Fsp3) is 0.235. The van der Waals surface area contributed by atoms with Crippen molar-refractivity contribution in [1.29, 1.82) is 0 Å². The molecule has 0 saturated carbocycles. The Bertz CT molecular complexity index is 684. The van der Waals surface area contributed by atoms with Gasteiger partial charge in [-0.3, -0.25) is 4.79 Å². The topological polar surface area (TPSA) is 35.5 Å². The Morgan fingerprint density at radius 3 is 2.59 bits per heavy atom. The van der Waals surface area contributed by atoms with Gasteiger partial charge in [0.1, 0.15) is 12.4 Å². The van der Waals surface area contributed by atoms with Crippen molar-refractivity contribution in [2.75, 3.05) is 7.11 Å². The molecule has 2 aromatic carbocycles. The molecule has 0 spiro atoms. The van der Waals surface area contributed by atoms with Crippen molar-refractivity contribution in [2.24, 2.45) is 0 Å². The molecule has 0 aromatic heterocycles. The predicted molar refractivity (Wildman–Crippen MR) is 93.1 cm³/mol. The Hall–Kier alpha value is -1.33. The van der Waals surface area contributed by atoms with Gasteiger partial charge < -0.3 is 9.47 Å². The van der Waals surface area contributed by atoms with Crippen molar-refractivity contribution >= 4 is 37.8 Å². The lowest BCUT2D eigenvalue weighted by molar-refractivity contribution is -0.139. The zero-order valence-corrected chi connectivity index (χ0v) is 15.5. The molecule has 2 aromatic rings. The van der Waals surface area contributed by atoms with E-state index in [0.29, 0.717) is 6.61 Å². The second-order valence-electron chi connectivity index (χ2n) is 4.85. The Morgan fingerprint density at radius 2 is 1.91 bits per heavy atom. The van der Waals surface area contributed by atoms with Gasteiger partial charge in [0.15, 0.2) is 0 Å². The molecule has 0 unspecified atom stereocenters. The summed E-state index contributed by atoms with van der Waals surface area (Å²) in [5.41, 5.74) is 3.00.